The highest BCUT2D eigenvalue weighted by Crippen LogP contribution is 2.34. The molecule has 0 bridgehead atoms. The Bertz CT molecular complexity index is 821. The van der Waals surface area contributed by atoms with E-state index in [-0.39, 0.29) is 12.3 Å². The molecule has 0 radical (unpaired) electrons. The summed E-state index contributed by atoms with van der Waals surface area (Å²) in [4.78, 5) is 25.4. The van der Waals surface area contributed by atoms with Crippen LogP contribution in [0.25, 0.3) is 0 Å². The second-order valence-electron chi connectivity index (χ2n) is 6.14. The van der Waals surface area contributed by atoms with E-state index in [0.29, 0.717) is 40.8 Å². The molecule has 3 rings (SSSR count). The van der Waals surface area contributed by atoms with Crippen LogP contribution in [-0.4, -0.2) is 34.5 Å². The monoisotopic (exact) mass is 392 g/mol. The van der Waals surface area contributed by atoms with E-state index < -0.39 is 12.0 Å². The summed E-state index contributed by atoms with van der Waals surface area (Å²) in [5.74, 6) is -1.15. The van der Waals surface area contributed by atoms with Crippen molar-refractivity contribution in [1.82, 2.24) is 4.90 Å². The van der Waals surface area contributed by atoms with Crippen molar-refractivity contribution < 1.29 is 14.7 Å². The van der Waals surface area contributed by atoms with Crippen molar-refractivity contribution in [2.75, 3.05) is 11.9 Å². The third-order valence-corrected chi connectivity index (χ3v) is 5.07. The van der Waals surface area contributed by atoms with Gasteiger partial charge in [0.15, 0.2) is 0 Å². The number of carbonyl (C=O) groups excluding carboxylic acids is 1. The maximum absolute atomic E-state index is 12.7. The molecule has 0 aromatic heterocycles. The number of nitrogens with one attached hydrogen (secondary N) is 1. The zero-order valence-corrected chi connectivity index (χ0v) is 15.4. The van der Waals surface area contributed by atoms with Crippen LogP contribution in [0.5, 0.6) is 0 Å². The van der Waals surface area contributed by atoms with Gasteiger partial charge in [-0.1, -0.05) is 47.5 Å². The van der Waals surface area contributed by atoms with E-state index in [2.05, 4.69) is 5.32 Å². The van der Waals surface area contributed by atoms with Crippen LogP contribution in [0, 0.1) is 0 Å². The highest BCUT2D eigenvalue weighted by molar-refractivity contribution is 6.39. The number of rotatable bonds is 5. The van der Waals surface area contributed by atoms with Gasteiger partial charge in [0.05, 0.1) is 22.2 Å². The second-order valence-corrected chi connectivity index (χ2v) is 6.95. The SMILES string of the molecule is O=C(O)[C@@H]1CCCN1C(=O)Cc1ccccc1Nc1c(Cl)cccc1Cl. The number of anilines is 2. The molecule has 7 heteroatoms. The van der Waals surface area contributed by atoms with Crippen molar-refractivity contribution in [3.8, 4) is 0 Å². The number of likely N-dealkylation sites (tertiary alicyclic amines) is 1. The zero-order valence-electron chi connectivity index (χ0n) is 13.9. The van der Waals surface area contributed by atoms with E-state index in [9.17, 15) is 14.7 Å². The van der Waals surface area contributed by atoms with Gasteiger partial charge in [0.2, 0.25) is 5.91 Å². The Kier molecular flexibility index (Phi) is 5.69. The first kappa shape index (κ1) is 18.5. The maximum atomic E-state index is 12.7. The number of hydrogen-bond acceptors (Lipinski definition) is 3. The lowest BCUT2D eigenvalue weighted by molar-refractivity contribution is -0.147. The Hall–Kier alpha value is -2.24. The van der Waals surface area contributed by atoms with Gasteiger partial charge in [0, 0.05) is 12.2 Å². The molecule has 0 aliphatic carbocycles. The van der Waals surface area contributed by atoms with Gasteiger partial charge in [-0.15, -0.1) is 0 Å². The van der Waals surface area contributed by atoms with E-state index in [1.54, 1.807) is 18.2 Å². The second kappa shape index (κ2) is 7.98. The molecule has 2 aromatic carbocycles. The third kappa shape index (κ3) is 3.94. The standard InChI is InChI=1S/C19H18Cl2N2O3/c20-13-6-3-7-14(21)18(13)22-15-8-2-1-5-12(15)11-17(24)23-10-4-9-16(23)19(25)26/h1-3,5-8,16,22H,4,9-11H2,(H,25,26)/t16-/m0/s1. The van der Waals surface area contributed by atoms with Crippen molar-refractivity contribution in [1.29, 1.82) is 0 Å². The van der Waals surface area contributed by atoms with Gasteiger partial charge < -0.3 is 15.3 Å². The molecule has 1 heterocycles. The van der Waals surface area contributed by atoms with Crippen LogP contribution in [-0.2, 0) is 16.0 Å². The van der Waals surface area contributed by atoms with Crippen molar-refractivity contribution in [3.63, 3.8) is 0 Å². The molecule has 2 N–H and O–H groups in total. The zero-order chi connectivity index (χ0) is 18.7. The predicted octanol–water partition coefficient (Wildman–Crippen LogP) is 4.36. The summed E-state index contributed by atoms with van der Waals surface area (Å²) in [6, 6.07) is 11.8. The number of carbonyl (C=O) groups is 2. The Morgan fingerprint density at radius 2 is 1.81 bits per heavy atom. The Morgan fingerprint density at radius 3 is 2.50 bits per heavy atom. The molecule has 1 atom stereocenters. The number of carboxylic acid groups (broad SMARTS) is 1. The Balaban J connectivity index is 1.81. The summed E-state index contributed by atoms with van der Waals surface area (Å²) >= 11 is 12.4. The first-order valence-corrected chi connectivity index (χ1v) is 9.04. The van der Waals surface area contributed by atoms with Crippen LogP contribution in [0.4, 0.5) is 11.4 Å². The molecule has 1 fully saturated rings. The van der Waals surface area contributed by atoms with Crippen molar-refractivity contribution in [3.05, 3.63) is 58.1 Å². The van der Waals surface area contributed by atoms with E-state index >= 15 is 0 Å². The summed E-state index contributed by atoms with van der Waals surface area (Å²) in [5, 5.41) is 13.4. The summed E-state index contributed by atoms with van der Waals surface area (Å²) < 4.78 is 0. The highest BCUT2D eigenvalue weighted by atomic mass is 35.5. The molecule has 26 heavy (non-hydrogen) atoms. The quantitative estimate of drug-likeness (QED) is 0.792. The molecule has 1 aliphatic rings. The normalized spacial score (nSPS) is 16.5. The summed E-state index contributed by atoms with van der Waals surface area (Å²) in [7, 11) is 0. The van der Waals surface area contributed by atoms with Gasteiger partial charge in [-0.25, -0.2) is 4.79 Å². The average molecular weight is 393 g/mol. The molecular weight excluding hydrogens is 375 g/mol. The predicted molar refractivity (Wildman–Crippen MR) is 102 cm³/mol. The van der Waals surface area contributed by atoms with Gasteiger partial charge in [0.1, 0.15) is 6.04 Å². The number of para-hydroxylation sites is 2. The molecule has 5 nitrogen and oxygen atoms in total. The van der Waals surface area contributed by atoms with Gasteiger partial charge in [-0.2, -0.15) is 0 Å². The largest absolute Gasteiger partial charge is 0.480 e. The lowest BCUT2D eigenvalue weighted by Gasteiger charge is -2.22. The Morgan fingerprint density at radius 1 is 1.12 bits per heavy atom. The first-order chi connectivity index (χ1) is 12.5. The maximum Gasteiger partial charge on any atom is 0.326 e. The lowest BCUT2D eigenvalue weighted by Crippen LogP contribution is -2.41. The number of carboxylic acids is 1. The van der Waals surface area contributed by atoms with E-state index in [1.807, 2.05) is 24.3 Å². The van der Waals surface area contributed by atoms with Gasteiger partial charge in [0.25, 0.3) is 0 Å². The summed E-state index contributed by atoms with van der Waals surface area (Å²) in [5.41, 5.74) is 2.03. The summed E-state index contributed by atoms with van der Waals surface area (Å²) in [6.45, 7) is 0.474. The van der Waals surface area contributed by atoms with Crippen LogP contribution in [0.1, 0.15) is 18.4 Å². The van der Waals surface area contributed by atoms with E-state index in [4.69, 9.17) is 23.2 Å². The summed E-state index contributed by atoms with van der Waals surface area (Å²) in [6.07, 6.45) is 1.31. The van der Waals surface area contributed by atoms with Gasteiger partial charge in [-0.3, -0.25) is 4.79 Å². The minimum atomic E-state index is -0.954. The lowest BCUT2D eigenvalue weighted by atomic mass is 10.1. The number of nitrogens with zero attached hydrogens (tertiary/aromatic N) is 1. The fourth-order valence-corrected chi connectivity index (χ4v) is 3.63. The van der Waals surface area contributed by atoms with Gasteiger partial charge in [-0.05, 0) is 36.6 Å². The molecule has 1 saturated heterocycles. The molecule has 136 valence electrons. The van der Waals surface area contributed by atoms with Gasteiger partial charge >= 0.3 is 5.97 Å². The molecule has 0 saturated carbocycles. The van der Waals surface area contributed by atoms with Crippen molar-refractivity contribution in [2.45, 2.75) is 25.3 Å². The van der Waals surface area contributed by atoms with Crippen LogP contribution in [0.3, 0.4) is 0 Å². The number of aliphatic carboxylic acids is 1. The molecular formula is C19H18Cl2N2O3. The highest BCUT2D eigenvalue weighted by Gasteiger charge is 2.33. The van der Waals surface area contributed by atoms with Crippen LogP contribution in [0.15, 0.2) is 42.5 Å². The van der Waals surface area contributed by atoms with Crippen LogP contribution < -0.4 is 5.32 Å². The topological polar surface area (TPSA) is 69.6 Å². The minimum Gasteiger partial charge on any atom is -0.480 e. The molecule has 0 spiro atoms. The van der Waals surface area contributed by atoms with Crippen molar-refractivity contribution >= 4 is 46.5 Å². The van der Waals surface area contributed by atoms with E-state index in [1.165, 1.54) is 4.90 Å². The molecule has 1 amide bonds. The van der Waals surface area contributed by atoms with Crippen LogP contribution >= 0.6 is 23.2 Å². The fourth-order valence-electron chi connectivity index (χ4n) is 3.13. The number of hydrogen-bond donors (Lipinski definition) is 2. The van der Waals surface area contributed by atoms with E-state index in [0.717, 1.165) is 5.56 Å². The number of halogens is 2. The Labute approximate surface area is 161 Å². The number of benzene rings is 2. The fraction of sp³-hybridized carbons (Fsp3) is 0.263. The minimum absolute atomic E-state index is 0.106. The third-order valence-electron chi connectivity index (χ3n) is 4.44. The number of amides is 1. The smallest absolute Gasteiger partial charge is 0.326 e. The molecule has 0 unspecified atom stereocenters. The average Bonchev–Trinajstić information content (AvgIpc) is 3.10. The van der Waals surface area contributed by atoms with Crippen molar-refractivity contribution in [2.24, 2.45) is 0 Å². The molecule has 2 aromatic rings. The van der Waals surface area contributed by atoms with Crippen LogP contribution in [0.2, 0.25) is 10.0 Å². The molecule has 1 aliphatic heterocycles. The first-order valence-electron chi connectivity index (χ1n) is 8.28.